The van der Waals surface area contributed by atoms with E-state index in [1.54, 1.807) is 0 Å². The monoisotopic (exact) mass is 281 g/mol. The largest absolute Gasteiger partial charge is 0.457 e. The molecule has 2 aromatic rings. The first-order valence-corrected chi connectivity index (χ1v) is 7.45. The zero-order valence-corrected chi connectivity index (χ0v) is 12.0. The second kappa shape index (κ2) is 6.44. The molecule has 1 saturated heterocycles. The van der Waals surface area contributed by atoms with Crippen molar-refractivity contribution in [3.05, 3.63) is 60.2 Å². The Bertz CT molecular complexity index is 604. The van der Waals surface area contributed by atoms with Gasteiger partial charge < -0.3 is 9.64 Å². The highest BCUT2D eigenvalue weighted by atomic mass is 16.5. The molecule has 108 valence electrons. The van der Waals surface area contributed by atoms with Crippen LogP contribution in [-0.2, 0) is 0 Å². The molecule has 3 rings (SSSR count). The molecule has 0 unspecified atom stereocenters. The molecule has 0 radical (unpaired) electrons. The number of piperidine rings is 1. The number of carbonyl (C=O) groups is 1. The highest BCUT2D eigenvalue weighted by Crippen LogP contribution is 2.23. The maximum absolute atomic E-state index is 12.5. The SMILES string of the molecule is O=C(c1cccc(Oc2ccccc2)c1)N1CCCCC1. The molecule has 0 N–H and O–H groups in total. The molecule has 0 aromatic heterocycles. The number of ether oxygens (including phenoxy) is 1. The number of nitrogens with zero attached hydrogens (tertiary/aromatic N) is 1. The number of amides is 1. The Morgan fingerprint density at radius 1 is 0.857 bits per heavy atom. The van der Waals surface area contributed by atoms with Gasteiger partial charge in [0.15, 0.2) is 0 Å². The van der Waals surface area contributed by atoms with E-state index in [2.05, 4.69) is 0 Å². The van der Waals surface area contributed by atoms with E-state index in [1.165, 1.54) is 6.42 Å². The van der Waals surface area contributed by atoms with Crippen molar-refractivity contribution in [1.29, 1.82) is 0 Å². The van der Waals surface area contributed by atoms with Crippen LogP contribution < -0.4 is 4.74 Å². The number of hydrogen-bond acceptors (Lipinski definition) is 2. The molecule has 0 spiro atoms. The molecular formula is C18H19NO2. The highest BCUT2D eigenvalue weighted by Gasteiger charge is 2.18. The Kier molecular flexibility index (Phi) is 4.20. The average Bonchev–Trinajstić information content (AvgIpc) is 2.56. The van der Waals surface area contributed by atoms with Gasteiger partial charge in [-0.1, -0.05) is 24.3 Å². The first-order chi connectivity index (χ1) is 10.3. The fraction of sp³-hybridized carbons (Fsp3) is 0.278. The lowest BCUT2D eigenvalue weighted by Gasteiger charge is -2.26. The predicted molar refractivity (Wildman–Crippen MR) is 82.7 cm³/mol. The van der Waals surface area contributed by atoms with Crippen LogP contribution in [-0.4, -0.2) is 23.9 Å². The van der Waals surface area contributed by atoms with Crippen molar-refractivity contribution in [3.8, 4) is 11.5 Å². The van der Waals surface area contributed by atoms with Crippen LogP contribution in [0, 0.1) is 0 Å². The molecule has 21 heavy (non-hydrogen) atoms. The minimum atomic E-state index is 0.105. The van der Waals surface area contributed by atoms with Gasteiger partial charge in [-0.05, 0) is 49.6 Å². The summed E-state index contributed by atoms with van der Waals surface area (Å²) in [6.45, 7) is 1.73. The van der Waals surface area contributed by atoms with Crippen molar-refractivity contribution < 1.29 is 9.53 Å². The third-order valence-electron chi connectivity index (χ3n) is 3.70. The molecule has 3 heteroatoms. The molecule has 3 nitrogen and oxygen atoms in total. The van der Waals surface area contributed by atoms with E-state index in [0.29, 0.717) is 11.3 Å². The van der Waals surface area contributed by atoms with Crippen molar-refractivity contribution in [3.63, 3.8) is 0 Å². The number of hydrogen-bond donors (Lipinski definition) is 0. The molecule has 0 atom stereocenters. The molecule has 0 bridgehead atoms. The van der Waals surface area contributed by atoms with Crippen LogP contribution >= 0.6 is 0 Å². The minimum absolute atomic E-state index is 0.105. The third kappa shape index (κ3) is 3.43. The van der Waals surface area contributed by atoms with Crippen LogP contribution in [0.1, 0.15) is 29.6 Å². The van der Waals surface area contributed by atoms with E-state index in [4.69, 9.17) is 4.74 Å². The molecular weight excluding hydrogens is 262 g/mol. The van der Waals surface area contributed by atoms with E-state index in [9.17, 15) is 4.79 Å². The zero-order valence-electron chi connectivity index (χ0n) is 12.0. The second-order valence-electron chi connectivity index (χ2n) is 5.30. The number of para-hydroxylation sites is 1. The van der Waals surface area contributed by atoms with Crippen molar-refractivity contribution in [2.24, 2.45) is 0 Å². The van der Waals surface area contributed by atoms with Crippen LogP contribution in [0.3, 0.4) is 0 Å². The molecule has 1 amide bonds. The van der Waals surface area contributed by atoms with E-state index in [1.807, 2.05) is 59.5 Å². The number of likely N-dealkylation sites (tertiary alicyclic amines) is 1. The molecule has 1 aliphatic heterocycles. The van der Waals surface area contributed by atoms with Gasteiger partial charge in [0, 0.05) is 18.7 Å². The molecule has 1 aliphatic rings. The standard InChI is InChI=1S/C18H19NO2/c20-18(19-12-5-2-6-13-19)15-8-7-11-17(14-15)21-16-9-3-1-4-10-16/h1,3-4,7-11,14H,2,5-6,12-13H2. The summed E-state index contributed by atoms with van der Waals surface area (Å²) in [5, 5.41) is 0. The Labute approximate surface area is 125 Å². The van der Waals surface area contributed by atoms with Gasteiger partial charge in [0.05, 0.1) is 0 Å². The lowest BCUT2D eigenvalue weighted by molar-refractivity contribution is 0.0724. The van der Waals surface area contributed by atoms with Gasteiger partial charge in [-0.25, -0.2) is 0 Å². The van der Waals surface area contributed by atoms with Crippen molar-refractivity contribution >= 4 is 5.91 Å². The lowest BCUT2D eigenvalue weighted by atomic mass is 10.1. The Morgan fingerprint density at radius 3 is 2.33 bits per heavy atom. The highest BCUT2D eigenvalue weighted by molar-refractivity contribution is 5.94. The van der Waals surface area contributed by atoms with Crippen LogP contribution in [0.25, 0.3) is 0 Å². The fourth-order valence-corrected chi connectivity index (χ4v) is 2.60. The fourth-order valence-electron chi connectivity index (χ4n) is 2.60. The van der Waals surface area contributed by atoms with Crippen molar-refractivity contribution in [1.82, 2.24) is 4.90 Å². The molecule has 1 fully saturated rings. The Morgan fingerprint density at radius 2 is 1.57 bits per heavy atom. The van der Waals surface area contributed by atoms with Crippen LogP contribution in [0.15, 0.2) is 54.6 Å². The predicted octanol–water partition coefficient (Wildman–Crippen LogP) is 4.11. The van der Waals surface area contributed by atoms with Crippen LogP contribution in [0.5, 0.6) is 11.5 Å². The average molecular weight is 281 g/mol. The molecule has 2 aromatic carbocycles. The summed E-state index contributed by atoms with van der Waals surface area (Å²) in [6.07, 6.45) is 3.43. The summed E-state index contributed by atoms with van der Waals surface area (Å²) in [5.41, 5.74) is 0.699. The normalized spacial score (nSPS) is 14.8. The maximum atomic E-state index is 12.5. The summed E-state index contributed by atoms with van der Waals surface area (Å²) in [5.74, 6) is 1.58. The zero-order chi connectivity index (χ0) is 14.5. The van der Waals surface area contributed by atoms with E-state index in [-0.39, 0.29) is 5.91 Å². The summed E-state index contributed by atoms with van der Waals surface area (Å²) in [6, 6.07) is 17.0. The Balaban J connectivity index is 1.75. The smallest absolute Gasteiger partial charge is 0.253 e. The topological polar surface area (TPSA) is 29.5 Å². The van der Waals surface area contributed by atoms with Gasteiger partial charge >= 0.3 is 0 Å². The van der Waals surface area contributed by atoms with Gasteiger partial charge in [-0.15, -0.1) is 0 Å². The first kappa shape index (κ1) is 13.7. The quantitative estimate of drug-likeness (QED) is 0.847. The van der Waals surface area contributed by atoms with Gasteiger partial charge in [-0.3, -0.25) is 4.79 Å². The van der Waals surface area contributed by atoms with Crippen molar-refractivity contribution in [2.45, 2.75) is 19.3 Å². The third-order valence-corrected chi connectivity index (χ3v) is 3.70. The van der Waals surface area contributed by atoms with E-state index in [0.717, 1.165) is 31.7 Å². The number of carbonyl (C=O) groups excluding carboxylic acids is 1. The maximum Gasteiger partial charge on any atom is 0.253 e. The van der Waals surface area contributed by atoms with Crippen LogP contribution in [0.2, 0.25) is 0 Å². The Hall–Kier alpha value is -2.29. The lowest BCUT2D eigenvalue weighted by Crippen LogP contribution is -2.35. The summed E-state index contributed by atoms with van der Waals surface area (Å²) in [4.78, 5) is 14.4. The summed E-state index contributed by atoms with van der Waals surface area (Å²) < 4.78 is 5.79. The first-order valence-electron chi connectivity index (χ1n) is 7.45. The van der Waals surface area contributed by atoms with Crippen LogP contribution in [0.4, 0.5) is 0 Å². The van der Waals surface area contributed by atoms with Gasteiger partial charge in [0.2, 0.25) is 0 Å². The van der Waals surface area contributed by atoms with Gasteiger partial charge in [0.25, 0.3) is 5.91 Å². The van der Waals surface area contributed by atoms with Gasteiger partial charge in [-0.2, -0.15) is 0 Å². The van der Waals surface area contributed by atoms with E-state index < -0.39 is 0 Å². The number of benzene rings is 2. The van der Waals surface area contributed by atoms with Gasteiger partial charge in [0.1, 0.15) is 11.5 Å². The second-order valence-corrected chi connectivity index (χ2v) is 5.30. The molecule has 0 saturated carbocycles. The minimum Gasteiger partial charge on any atom is -0.457 e. The summed E-state index contributed by atoms with van der Waals surface area (Å²) >= 11 is 0. The van der Waals surface area contributed by atoms with E-state index >= 15 is 0 Å². The summed E-state index contributed by atoms with van der Waals surface area (Å²) in [7, 11) is 0. The molecule has 0 aliphatic carbocycles. The number of rotatable bonds is 3. The molecule has 1 heterocycles. The van der Waals surface area contributed by atoms with Crippen molar-refractivity contribution in [2.75, 3.05) is 13.1 Å².